The molecular formula is C25H32Cl2N2O3. The first-order valence-corrected chi connectivity index (χ1v) is 11.7. The maximum Gasteiger partial charge on any atom is 0.261 e. The van der Waals surface area contributed by atoms with Crippen molar-refractivity contribution in [2.45, 2.75) is 65.6 Å². The van der Waals surface area contributed by atoms with Crippen LogP contribution in [0.2, 0.25) is 10.0 Å². The summed E-state index contributed by atoms with van der Waals surface area (Å²) in [5.74, 6) is 0.340. The number of carbonyl (C=O) groups excluding carboxylic acids is 2. The fraction of sp³-hybridized carbons (Fsp3) is 0.440. The van der Waals surface area contributed by atoms with Crippen molar-refractivity contribution in [3.05, 3.63) is 63.6 Å². The molecule has 0 aliphatic heterocycles. The van der Waals surface area contributed by atoms with Crippen LogP contribution >= 0.6 is 23.2 Å². The van der Waals surface area contributed by atoms with E-state index in [-0.39, 0.29) is 36.9 Å². The molecule has 2 aromatic carbocycles. The second-order valence-electron chi connectivity index (χ2n) is 8.20. The third-order valence-corrected chi connectivity index (χ3v) is 6.16. The Hall–Kier alpha value is -2.24. The molecule has 2 atom stereocenters. The summed E-state index contributed by atoms with van der Waals surface area (Å²) >= 11 is 12.7. The minimum Gasteiger partial charge on any atom is -0.483 e. The number of hydrogen-bond acceptors (Lipinski definition) is 3. The van der Waals surface area contributed by atoms with Crippen LogP contribution in [0.1, 0.15) is 58.1 Å². The predicted octanol–water partition coefficient (Wildman–Crippen LogP) is 5.83. The number of amides is 2. The van der Waals surface area contributed by atoms with Gasteiger partial charge in [-0.3, -0.25) is 9.59 Å². The molecule has 0 aromatic heterocycles. The lowest BCUT2D eigenvalue weighted by Crippen LogP contribution is -2.50. The summed E-state index contributed by atoms with van der Waals surface area (Å²) in [6.45, 7) is 9.64. The van der Waals surface area contributed by atoms with Crippen LogP contribution in [0.25, 0.3) is 0 Å². The molecule has 0 spiro atoms. The maximum atomic E-state index is 13.3. The van der Waals surface area contributed by atoms with Crippen LogP contribution in [0.15, 0.2) is 42.5 Å². The lowest BCUT2D eigenvalue weighted by atomic mass is 10.0. The zero-order valence-electron chi connectivity index (χ0n) is 19.3. The molecular weight excluding hydrogens is 447 g/mol. The van der Waals surface area contributed by atoms with Crippen molar-refractivity contribution in [2.75, 3.05) is 6.61 Å². The van der Waals surface area contributed by atoms with Gasteiger partial charge in [-0.1, -0.05) is 68.2 Å². The summed E-state index contributed by atoms with van der Waals surface area (Å²) in [6.07, 6.45) is 0.790. The van der Waals surface area contributed by atoms with Gasteiger partial charge >= 0.3 is 0 Å². The van der Waals surface area contributed by atoms with Crippen molar-refractivity contribution in [3.8, 4) is 5.75 Å². The molecule has 0 heterocycles. The molecule has 0 aliphatic carbocycles. The molecule has 2 rings (SSSR count). The summed E-state index contributed by atoms with van der Waals surface area (Å²) in [4.78, 5) is 27.5. The lowest BCUT2D eigenvalue weighted by molar-refractivity contribution is -0.142. The fourth-order valence-electron chi connectivity index (χ4n) is 3.21. The molecule has 5 nitrogen and oxygen atoms in total. The molecule has 0 unspecified atom stereocenters. The van der Waals surface area contributed by atoms with Crippen LogP contribution in [0.5, 0.6) is 5.75 Å². The van der Waals surface area contributed by atoms with E-state index in [1.165, 1.54) is 4.90 Å². The van der Waals surface area contributed by atoms with Gasteiger partial charge in [0.15, 0.2) is 6.61 Å². The van der Waals surface area contributed by atoms with Gasteiger partial charge in [-0.25, -0.2) is 0 Å². The van der Waals surface area contributed by atoms with Gasteiger partial charge in [-0.2, -0.15) is 0 Å². The molecule has 2 amide bonds. The van der Waals surface area contributed by atoms with Gasteiger partial charge in [0.25, 0.3) is 5.91 Å². The number of para-hydroxylation sites is 1. The largest absolute Gasteiger partial charge is 0.483 e. The zero-order chi connectivity index (χ0) is 23.8. The average Bonchev–Trinajstić information content (AvgIpc) is 2.76. The van der Waals surface area contributed by atoms with E-state index < -0.39 is 6.04 Å². The molecule has 0 bridgehead atoms. The summed E-state index contributed by atoms with van der Waals surface area (Å²) in [7, 11) is 0. The summed E-state index contributed by atoms with van der Waals surface area (Å²) in [5.41, 5.74) is 1.61. The fourth-order valence-corrected chi connectivity index (χ4v) is 3.73. The highest BCUT2D eigenvalue weighted by molar-refractivity contribution is 6.36. The lowest BCUT2D eigenvalue weighted by Gasteiger charge is -2.30. The van der Waals surface area contributed by atoms with E-state index >= 15 is 0 Å². The van der Waals surface area contributed by atoms with Crippen molar-refractivity contribution in [1.82, 2.24) is 10.2 Å². The highest BCUT2D eigenvalue weighted by Crippen LogP contribution is 2.28. The number of halogens is 2. The molecule has 7 heteroatoms. The van der Waals surface area contributed by atoms with Gasteiger partial charge in [0.05, 0.1) is 0 Å². The second-order valence-corrected chi connectivity index (χ2v) is 9.01. The van der Waals surface area contributed by atoms with Crippen LogP contribution in [0, 0.1) is 0 Å². The first kappa shape index (κ1) is 26.0. The summed E-state index contributed by atoms with van der Waals surface area (Å²) in [5, 5.41) is 3.82. The van der Waals surface area contributed by atoms with Gasteiger partial charge in [0.2, 0.25) is 5.91 Å². The number of rotatable bonds is 10. The van der Waals surface area contributed by atoms with Crippen molar-refractivity contribution in [3.63, 3.8) is 0 Å². The highest BCUT2D eigenvalue weighted by atomic mass is 35.5. The first-order chi connectivity index (χ1) is 15.1. The molecule has 174 valence electrons. The van der Waals surface area contributed by atoms with E-state index in [1.54, 1.807) is 25.1 Å². The zero-order valence-corrected chi connectivity index (χ0v) is 20.8. The summed E-state index contributed by atoms with van der Waals surface area (Å²) < 4.78 is 5.88. The van der Waals surface area contributed by atoms with E-state index in [0.29, 0.717) is 21.4 Å². The van der Waals surface area contributed by atoms with Gasteiger partial charge in [0, 0.05) is 28.2 Å². The monoisotopic (exact) mass is 478 g/mol. The summed E-state index contributed by atoms with van der Waals surface area (Å²) in [6, 6.07) is 12.1. The average molecular weight is 479 g/mol. The molecule has 0 saturated carbocycles. The Morgan fingerprint density at radius 2 is 1.62 bits per heavy atom. The molecule has 0 saturated heterocycles. The van der Waals surface area contributed by atoms with Crippen molar-refractivity contribution in [2.24, 2.45) is 0 Å². The molecule has 32 heavy (non-hydrogen) atoms. The van der Waals surface area contributed by atoms with Gasteiger partial charge in [-0.15, -0.1) is 0 Å². The van der Waals surface area contributed by atoms with Crippen molar-refractivity contribution >= 4 is 35.0 Å². The van der Waals surface area contributed by atoms with Gasteiger partial charge < -0.3 is 15.0 Å². The SMILES string of the molecule is CC[C@H](C)NC(=O)[C@@H](C)N(Cc1c(Cl)cccc1Cl)C(=O)COc1ccccc1C(C)C. The topological polar surface area (TPSA) is 58.6 Å². The quantitative estimate of drug-likeness (QED) is 0.467. The maximum absolute atomic E-state index is 13.3. The number of ether oxygens (including phenoxy) is 1. The Morgan fingerprint density at radius 1 is 1.00 bits per heavy atom. The Labute approximate surface area is 201 Å². The normalized spacial score (nSPS) is 12.9. The Kier molecular flexibility index (Phi) is 9.85. The van der Waals surface area contributed by atoms with E-state index in [4.69, 9.17) is 27.9 Å². The third-order valence-electron chi connectivity index (χ3n) is 5.45. The third kappa shape index (κ3) is 6.88. The van der Waals surface area contributed by atoms with Crippen molar-refractivity contribution in [1.29, 1.82) is 0 Å². The van der Waals surface area contributed by atoms with Crippen LogP contribution in [0.4, 0.5) is 0 Å². The van der Waals surface area contributed by atoms with Crippen LogP contribution in [0.3, 0.4) is 0 Å². The van der Waals surface area contributed by atoms with E-state index in [1.807, 2.05) is 38.1 Å². The van der Waals surface area contributed by atoms with E-state index in [2.05, 4.69) is 19.2 Å². The predicted molar refractivity (Wildman–Crippen MR) is 130 cm³/mol. The molecule has 2 aromatic rings. The number of carbonyl (C=O) groups is 2. The highest BCUT2D eigenvalue weighted by Gasteiger charge is 2.28. The molecule has 1 N–H and O–H groups in total. The minimum atomic E-state index is -0.729. The van der Waals surface area contributed by atoms with E-state index in [0.717, 1.165) is 12.0 Å². The van der Waals surface area contributed by atoms with Crippen LogP contribution in [-0.4, -0.2) is 35.4 Å². The Bertz CT molecular complexity index is 913. The number of nitrogens with one attached hydrogen (secondary N) is 1. The number of hydrogen-bond donors (Lipinski definition) is 1. The second kappa shape index (κ2) is 12.1. The number of benzene rings is 2. The van der Waals surface area contributed by atoms with Crippen molar-refractivity contribution < 1.29 is 14.3 Å². The van der Waals surface area contributed by atoms with Crippen LogP contribution < -0.4 is 10.1 Å². The molecule has 0 radical (unpaired) electrons. The van der Waals surface area contributed by atoms with Gasteiger partial charge in [0.1, 0.15) is 11.8 Å². The molecule has 0 fully saturated rings. The Balaban J connectivity index is 2.27. The Morgan fingerprint density at radius 3 is 2.22 bits per heavy atom. The van der Waals surface area contributed by atoms with E-state index in [9.17, 15) is 9.59 Å². The van der Waals surface area contributed by atoms with Crippen LogP contribution in [-0.2, 0) is 16.1 Å². The minimum absolute atomic E-state index is 0.0000259. The van der Waals surface area contributed by atoms with Gasteiger partial charge in [-0.05, 0) is 49.9 Å². The standard InChI is InChI=1S/C25H32Cl2N2O3/c1-6-17(4)28-25(31)18(5)29(14-20-21(26)11-9-12-22(20)27)24(30)15-32-23-13-8-7-10-19(23)16(2)3/h7-13,16-18H,6,14-15H2,1-5H3,(H,28,31)/t17-,18+/m0/s1. The smallest absolute Gasteiger partial charge is 0.261 e. The molecule has 0 aliphatic rings. The first-order valence-electron chi connectivity index (χ1n) is 10.9. The number of nitrogens with zero attached hydrogens (tertiary/aromatic N) is 1.